The van der Waals surface area contributed by atoms with Gasteiger partial charge in [0.25, 0.3) is 5.91 Å². The summed E-state index contributed by atoms with van der Waals surface area (Å²) in [5.41, 5.74) is 3.35. The molecule has 0 spiro atoms. The Hall–Kier alpha value is -2.49. The molecule has 2 aromatic rings. The number of para-hydroxylation sites is 1. The number of carbonyl (C=O) groups excluding carboxylic acids is 1. The van der Waals surface area contributed by atoms with Gasteiger partial charge in [0.2, 0.25) is 0 Å². The number of benzene rings is 2. The van der Waals surface area contributed by atoms with Crippen molar-refractivity contribution in [2.45, 2.75) is 26.9 Å². The summed E-state index contributed by atoms with van der Waals surface area (Å²) in [6.07, 6.45) is -0.520. The minimum atomic E-state index is -0.520. The number of likely N-dealkylation sites (N-methyl/N-ethyl adjacent to an activating group) is 1. The standard InChI is InChI=1S/C20H26N2O2/c1-15-10-11-19(16(2)14-15)24-17(3)20(23)21-12-13-22(4)18-8-6-5-7-9-18/h5-11,14,17H,12-13H2,1-4H3,(H,21,23). The zero-order valence-corrected chi connectivity index (χ0v) is 14.9. The van der Waals surface area contributed by atoms with Gasteiger partial charge < -0.3 is 15.0 Å². The molecule has 1 amide bonds. The van der Waals surface area contributed by atoms with E-state index in [1.165, 1.54) is 5.56 Å². The van der Waals surface area contributed by atoms with E-state index in [1.54, 1.807) is 6.92 Å². The molecule has 128 valence electrons. The molecule has 0 radical (unpaired) electrons. The topological polar surface area (TPSA) is 41.6 Å². The van der Waals surface area contributed by atoms with Crippen LogP contribution in [0.15, 0.2) is 48.5 Å². The van der Waals surface area contributed by atoms with Gasteiger partial charge in [0.05, 0.1) is 0 Å². The van der Waals surface area contributed by atoms with Crippen molar-refractivity contribution in [1.82, 2.24) is 5.32 Å². The van der Waals surface area contributed by atoms with Crippen molar-refractivity contribution in [2.24, 2.45) is 0 Å². The third kappa shape index (κ3) is 5.01. The molecule has 4 heteroatoms. The molecule has 2 rings (SSSR count). The molecule has 0 aliphatic heterocycles. The van der Waals surface area contributed by atoms with Crippen LogP contribution in [0.25, 0.3) is 0 Å². The molecule has 0 aromatic heterocycles. The Labute approximate surface area is 144 Å². The van der Waals surface area contributed by atoms with E-state index >= 15 is 0 Å². The second kappa shape index (κ2) is 8.39. The highest BCUT2D eigenvalue weighted by atomic mass is 16.5. The van der Waals surface area contributed by atoms with Gasteiger partial charge in [-0.05, 0) is 44.5 Å². The Kier molecular flexibility index (Phi) is 6.24. The van der Waals surface area contributed by atoms with Gasteiger partial charge in [0.15, 0.2) is 6.10 Å². The number of anilines is 1. The number of amides is 1. The number of hydrogen-bond acceptors (Lipinski definition) is 3. The van der Waals surface area contributed by atoms with Gasteiger partial charge in [-0.3, -0.25) is 4.79 Å². The molecule has 24 heavy (non-hydrogen) atoms. The minimum absolute atomic E-state index is 0.101. The summed E-state index contributed by atoms with van der Waals surface area (Å²) in [7, 11) is 2.01. The molecule has 0 saturated carbocycles. The fraction of sp³-hybridized carbons (Fsp3) is 0.350. The quantitative estimate of drug-likeness (QED) is 0.848. The summed E-state index contributed by atoms with van der Waals surface area (Å²) in [5.74, 6) is 0.654. The smallest absolute Gasteiger partial charge is 0.260 e. The van der Waals surface area contributed by atoms with Crippen LogP contribution in [0.1, 0.15) is 18.1 Å². The van der Waals surface area contributed by atoms with Crippen molar-refractivity contribution in [3.8, 4) is 5.75 Å². The van der Waals surface area contributed by atoms with Crippen molar-refractivity contribution < 1.29 is 9.53 Å². The maximum absolute atomic E-state index is 12.2. The summed E-state index contributed by atoms with van der Waals surface area (Å²) < 4.78 is 5.78. The maximum Gasteiger partial charge on any atom is 0.260 e. The monoisotopic (exact) mass is 326 g/mol. The van der Waals surface area contributed by atoms with E-state index in [1.807, 2.05) is 63.4 Å². The summed E-state index contributed by atoms with van der Waals surface area (Å²) in [6.45, 7) is 7.12. The second-order valence-corrected chi connectivity index (χ2v) is 6.08. The molecule has 1 N–H and O–H groups in total. The number of nitrogens with one attached hydrogen (secondary N) is 1. The van der Waals surface area contributed by atoms with Crippen LogP contribution in [-0.4, -0.2) is 32.1 Å². The van der Waals surface area contributed by atoms with Gasteiger partial charge in [-0.25, -0.2) is 0 Å². The first-order chi connectivity index (χ1) is 11.5. The molecule has 1 unspecified atom stereocenters. The summed E-state index contributed by atoms with van der Waals surface area (Å²) in [6, 6.07) is 16.1. The van der Waals surface area contributed by atoms with Gasteiger partial charge in [0.1, 0.15) is 5.75 Å². The van der Waals surface area contributed by atoms with E-state index < -0.39 is 6.10 Å². The second-order valence-electron chi connectivity index (χ2n) is 6.08. The van der Waals surface area contributed by atoms with Crippen LogP contribution in [0, 0.1) is 13.8 Å². The molecule has 0 bridgehead atoms. The molecule has 0 fully saturated rings. The zero-order chi connectivity index (χ0) is 17.5. The van der Waals surface area contributed by atoms with Crippen molar-refractivity contribution in [1.29, 1.82) is 0 Å². The van der Waals surface area contributed by atoms with Crippen molar-refractivity contribution in [3.63, 3.8) is 0 Å². The number of nitrogens with zero attached hydrogens (tertiary/aromatic N) is 1. The third-order valence-corrected chi connectivity index (χ3v) is 3.95. The highest BCUT2D eigenvalue weighted by Crippen LogP contribution is 2.20. The Bertz CT molecular complexity index is 671. The number of rotatable bonds is 7. The first kappa shape index (κ1) is 17.9. The van der Waals surface area contributed by atoms with Crippen LogP contribution in [-0.2, 0) is 4.79 Å². The maximum atomic E-state index is 12.2. The number of aryl methyl sites for hydroxylation is 2. The van der Waals surface area contributed by atoms with Crippen molar-refractivity contribution in [3.05, 3.63) is 59.7 Å². The van der Waals surface area contributed by atoms with Crippen LogP contribution in [0.2, 0.25) is 0 Å². The number of ether oxygens (including phenoxy) is 1. The fourth-order valence-corrected chi connectivity index (χ4v) is 2.48. The Morgan fingerprint density at radius 1 is 1.17 bits per heavy atom. The largest absolute Gasteiger partial charge is 0.481 e. The zero-order valence-electron chi connectivity index (χ0n) is 14.9. The highest BCUT2D eigenvalue weighted by molar-refractivity contribution is 5.80. The van der Waals surface area contributed by atoms with E-state index in [-0.39, 0.29) is 5.91 Å². The van der Waals surface area contributed by atoms with Crippen molar-refractivity contribution in [2.75, 3.05) is 25.0 Å². The molecule has 0 heterocycles. The minimum Gasteiger partial charge on any atom is -0.481 e. The molecular weight excluding hydrogens is 300 g/mol. The molecular formula is C20H26N2O2. The highest BCUT2D eigenvalue weighted by Gasteiger charge is 2.15. The van der Waals surface area contributed by atoms with Gasteiger partial charge in [0, 0.05) is 25.8 Å². The van der Waals surface area contributed by atoms with Gasteiger partial charge in [-0.15, -0.1) is 0 Å². The van der Waals surface area contributed by atoms with E-state index in [9.17, 15) is 4.79 Å². The van der Waals surface area contributed by atoms with Crippen LogP contribution >= 0.6 is 0 Å². The van der Waals surface area contributed by atoms with Crippen LogP contribution in [0.5, 0.6) is 5.75 Å². The first-order valence-electron chi connectivity index (χ1n) is 8.25. The molecule has 2 aromatic carbocycles. The summed E-state index contributed by atoms with van der Waals surface area (Å²) >= 11 is 0. The van der Waals surface area contributed by atoms with Crippen LogP contribution in [0.4, 0.5) is 5.69 Å². The van der Waals surface area contributed by atoms with Crippen LogP contribution < -0.4 is 15.0 Å². The van der Waals surface area contributed by atoms with Crippen molar-refractivity contribution >= 4 is 11.6 Å². The Morgan fingerprint density at radius 2 is 1.88 bits per heavy atom. The summed E-state index contributed by atoms with van der Waals surface area (Å²) in [5, 5.41) is 2.93. The van der Waals surface area contributed by atoms with E-state index in [0.29, 0.717) is 6.54 Å². The molecule has 1 atom stereocenters. The molecule has 4 nitrogen and oxygen atoms in total. The lowest BCUT2D eigenvalue weighted by Crippen LogP contribution is -2.40. The average molecular weight is 326 g/mol. The molecule has 0 aliphatic carbocycles. The predicted octanol–water partition coefficient (Wildman–Crippen LogP) is 3.32. The third-order valence-electron chi connectivity index (χ3n) is 3.95. The van der Waals surface area contributed by atoms with Gasteiger partial charge >= 0.3 is 0 Å². The first-order valence-corrected chi connectivity index (χ1v) is 8.25. The molecule has 0 saturated heterocycles. The van der Waals surface area contributed by atoms with Gasteiger partial charge in [-0.2, -0.15) is 0 Å². The van der Waals surface area contributed by atoms with Crippen LogP contribution in [0.3, 0.4) is 0 Å². The lowest BCUT2D eigenvalue weighted by Gasteiger charge is -2.21. The number of carbonyl (C=O) groups is 1. The fourth-order valence-electron chi connectivity index (χ4n) is 2.48. The van der Waals surface area contributed by atoms with E-state index in [2.05, 4.69) is 16.3 Å². The number of hydrogen-bond donors (Lipinski definition) is 1. The van der Waals surface area contributed by atoms with E-state index in [0.717, 1.165) is 23.5 Å². The Balaban J connectivity index is 1.79. The van der Waals surface area contributed by atoms with E-state index in [4.69, 9.17) is 4.74 Å². The SMILES string of the molecule is Cc1ccc(OC(C)C(=O)NCCN(C)c2ccccc2)c(C)c1. The van der Waals surface area contributed by atoms with Gasteiger partial charge in [-0.1, -0.05) is 35.9 Å². The average Bonchev–Trinajstić information content (AvgIpc) is 2.57. The normalized spacial score (nSPS) is 11.7. The predicted molar refractivity (Wildman–Crippen MR) is 98.7 cm³/mol. The lowest BCUT2D eigenvalue weighted by molar-refractivity contribution is -0.127. The summed E-state index contributed by atoms with van der Waals surface area (Å²) in [4.78, 5) is 14.3. The lowest BCUT2D eigenvalue weighted by atomic mass is 10.1. The molecule has 0 aliphatic rings. The Morgan fingerprint density at radius 3 is 2.54 bits per heavy atom.